The first-order valence-corrected chi connectivity index (χ1v) is 8.48. The predicted molar refractivity (Wildman–Crippen MR) is 96.1 cm³/mol. The number of rotatable bonds is 5. The van der Waals surface area contributed by atoms with Gasteiger partial charge in [0.05, 0.1) is 19.3 Å². The molecule has 2 rings (SSSR count). The number of hydrogen-bond donors (Lipinski definition) is 5. The van der Waals surface area contributed by atoms with Gasteiger partial charge in [-0.25, -0.2) is 10.8 Å². The Kier molecular flexibility index (Phi) is 8.55. The van der Waals surface area contributed by atoms with Crippen LogP contribution in [0.25, 0.3) is 0 Å². The highest BCUT2D eigenvalue weighted by Gasteiger charge is 2.30. The molecule has 1 saturated carbocycles. The van der Waals surface area contributed by atoms with Crippen LogP contribution in [0.2, 0.25) is 10.4 Å². The fourth-order valence-corrected chi connectivity index (χ4v) is 2.69. The Labute approximate surface area is 156 Å². The minimum Gasteiger partial charge on any atom is -0.394 e. The topological polar surface area (TPSA) is 151 Å². The van der Waals surface area contributed by atoms with Crippen LogP contribution in [0.15, 0.2) is 0 Å². The van der Waals surface area contributed by atoms with Crippen molar-refractivity contribution in [3.05, 3.63) is 10.4 Å². The third-order valence-electron chi connectivity index (χ3n) is 3.29. The summed E-state index contributed by atoms with van der Waals surface area (Å²) in [7, 11) is 0. The van der Waals surface area contributed by atoms with Crippen molar-refractivity contribution in [1.29, 1.82) is 0 Å². The second kappa shape index (κ2) is 9.67. The molecular formula is C14H25Cl2N5O4. The molecule has 0 radical (unpaired) electrons. The molecule has 1 fully saturated rings. The lowest BCUT2D eigenvalue weighted by Gasteiger charge is -2.26. The van der Waals surface area contributed by atoms with E-state index in [2.05, 4.69) is 9.97 Å². The third-order valence-corrected chi connectivity index (χ3v) is 3.75. The number of nitrogen functional groups attached to an aromatic ring is 1. The number of hydrogen-bond acceptors (Lipinski definition) is 9. The number of aromatic nitrogens is 2. The highest BCUT2D eigenvalue weighted by Crippen LogP contribution is 2.32. The zero-order valence-electron chi connectivity index (χ0n) is 14.2. The van der Waals surface area contributed by atoms with Gasteiger partial charge in [-0.15, -0.1) is 0 Å². The van der Waals surface area contributed by atoms with Crippen molar-refractivity contribution in [2.24, 2.45) is 5.84 Å². The van der Waals surface area contributed by atoms with Crippen LogP contribution in [0.5, 0.6) is 0 Å². The molecule has 0 amide bonds. The largest absolute Gasteiger partial charge is 0.394 e. The van der Waals surface area contributed by atoms with Gasteiger partial charge in [-0.1, -0.05) is 11.6 Å². The molecule has 0 spiro atoms. The van der Waals surface area contributed by atoms with Crippen LogP contribution < -0.4 is 16.6 Å². The average Bonchev–Trinajstić information content (AvgIpc) is 2.95. The molecule has 144 valence electrons. The molecule has 2 atom stereocenters. The maximum Gasteiger partial charge on any atom is 0.225 e. The van der Waals surface area contributed by atoms with Crippen LogP contribution in [0.4, 0.5) is 11.5 Å². The molecule has 11 heteroatoms. The summed E-state index contributed by atoms with van der Waals surface area (Å²) in [6, 6.07) is 0.0306. The van der Waals surface area contributed by atoms with E-state index in [0.717, 1.165) is 19.3 Å². The van der Waals surface area contributed by atoms with E-state index in [4.69, 9.17) is 54.8 Å². The van der Waals surface area contributed by atoms with E-state index in [1.165, 1.54) is 18.9 Å². The molecule has 0 aliphatic heterocycles. The third kappa shape index (κ3) is 7.87. The SMILES string of the molecule is CC(C)(O)O.Nc1c(Cl)nc(Cl)nc1N(N)C1CCC(OCCO)C1. The fraction of sp³-hybridized carbons (Fsp3) is 0.714. The lowest BCUT2D eigenvalue weighted by Crippen LogP contribution is -2.41. The molecule has 1 aliphatic carbocycles. The van der Waals surface area contributed by atoms with Crippen LogP contribution in [0.3, 0.4) is 0 Å². The van der Waals surface area contributed by atoms with Gasteiger partial charge in [0.15, 0.2) is 16.8 Å². The summed E-state index contributed by atoms with van der Waals surface area (Å²) < 4.78 is 5.50. The first kappa shape index (κ1) is 22.1. The van der Waals surface area contributed by atoms with Gasteiger partial charge in [0.25, 0.3) is 0 Å². The van der Waals surface area contributed by atoms with Crippen molar-refractivity contribution >= 4 is 34.7 Å². The Bertz CT molecular complexity index is 553. The van der Waals surface area contributed by atoms with E-state index in [9.17, 15) is 0 Å². The van der Waals surface area contributed by atoms with Gasteiger partial charge in [-0.2, -0.15) is 4.98 Å². The standard InChI is InChI=1S/C11H17Cl2N5O2.C3H8O2/c12-9-8(14)10(17-11(13)16-9)18(15)6-1-2-7(5-6)20-4-3-19;1-3(2,4)5/h6-7,19H,1-5,14-15H2;4-5H,1-2H3. The maximum atomic E-state index is 8.75. The number of ether oxygens (including phenoxy) is 1. The van der Waals surface area contributed by atoms with Crippen LogP contribution in [0, 0.1) is 0 Å². The monoisotopic (exact) mass is 397 g/mol. The van der Waals surface area contributed by atoms with Crippen LogP contribution >= 0.6 is 23.2 Å². The summed E-state index contributed by atoms with van der Waals surface area (Å²) in [5.74, 6) is 4.89. The maximum absolute atomic E-state index is 8.75. The summed E-state index contributed by atoms with van der Waals surface area (Å²) in [5, 5.41) is 26.5. The zero-order valence-corrected chi connectivity index (χ0v) is 15.7. The van der Waals surface area contributed by atoms with E-state index in [1.54, 1.807) is 0 Å². The van der Waals surface area contributed by atoms with Gasteiger partial charge in [0, 0.05) is 6.04 Å². The van der Waals surface area contributed by atoms with E-state index in [0.29, 0.717) is 12.4 Å². The van der Waals surface area contributed by atoms with E-state index >= 15 is 0 Å². The molecule has 25 heavy (non-hydrogen) atoms. The number of nitrogens with zero attached hydrogens (tertiary/aromatic N) is 3. The second-order valence-electron chi connectivity index (χ2n) is 6.11. The first-order valence-electron chi connectivity index (χ1n) is 7.72. The molecule has 0 bridgehead atoms. The Morgan fingerprint density at radius 1 is 1.28 bits per heavy atom. The highest BCUT2D eigenvalue weighted by atomic mass is 35.5. The molecule has 1 aromatic heterocycles. The molecular weight excluding hydrogens is 373 g/mol. The smallest absolute Gasteiger partial charge is 0.225 e. The summed E-state index contributed by atoms with van der Waals surface area (Å²) in [6.45, 7) is 2.94. The minimum absolute atomic E-state index is 0.000674. The molecule has 1 heterocycles. The van der Waals surface area contributed by atoms with Crippen molar-refractivity contribution in [3.63, 3.8) is 0 Å². The van der Waals surface area contributed by atoms with Crippen molar-refractivity contribution in [2.75, 3.05) is 24.0 Å². The van der Waals surface area contributed by atoms with E-state index in [-0.39, 0.29) is 34.9 Å². The molecule has 0 aromatic carbocycles. The lowest BCUT2D eigenvalue weighted by atomic mass is 10.2. The number of anilines is 2. The zero-order chi connectivity index (χ0) is 19.2. The van der Waals surface area contributed by atoms with Gasteiger partial charge in [0.1, 0.15) is 5.69 Å². The average molecular weight is 398 g/mol. The fourth-order valence-electron chi connectivity index (χ4n) is 2.32. The van der Waals surface area contributed by atoms with Crippen LogP contribution in [-0.2, 0) is 4.74 Å². The number of aliphatic hydroxyl groups is 3. The van der Waals surface area contributed by atoms with Gasteiger partial charge in [-0.3, -0.25) is 5.01 Å². The van der Waals surface area contributed by atoms with E-state index in [1.807, 2.05) is 0 Å². The molecule has 1 aliphatic rings. The van der Waals surface area contributed by atoms with Gasteiger partial charge in [-0.05, 0) is 44.7 Å². The Morgan fingerprint density at radius 2 is 1.88 bits per heavy atom. The van der Waals surface area contributed by atoms with Gasteiger partial charge in [0.2, 0.25) is 5.28 Å². The number of nitrogens with two attached hydrogens (primary N) is 2. The Balaban J connectivity index is 0.000000550. The van der Waals surface area contributed by atoms with Crippen molar-refractivity contribution in [3.8, 4) is 0 Å². The number of aliphatic hydroxyl groups excluding tert-OH is 1. The Hall–Kier alpha value is -0.940. The lowest BCUT2D eigenvalue weighted by molar-refractivity contribution is -0.127. The first-order chi connectivity index (χ1) is 11.5. The summed E-state index contributed by atoms with van der Waals surface area (Å²) in [4.78, 5) is 7.79. The quantitative estimate of drug-likeness (QED) is 0.159. The molecule has 2 unspecified atom stereocenters. The van der Waals surface area contributed by atoms with Crippen molar-refractivity contribution < 1.29 is 20.1 Å². The molecule has 1 aromatic rings. The molecule has 7 N–H and O–H groups in total. The summed E-state index contributed by atoms with van der Waals surface area (Å²) in [6.07, 6.45) is 2.51. The highest BCUT2D eigenvalue weighted by molar-refractivity contribution is 6.34. The molecule has 0 saturated heterocycles. The van der Waals surface area contributed by atoms with Crippen molar-refractivity contribution in [2.45, 2.75) is 51.0 Å². The van der Waals surface area contributed by atoms with Gasteiger partial charge < -0.3 is 25.8 Å². The predicted octanol–water partition coefficient (Wildman–Crippen LogP) is 0.683. The number of halogens is 2. The van der Waals surface area contributed by atoms with E-state index < -0.39 is 5.79 Å². The summed E-state index contributed by atoms with van der Waals surface area (Å²) in [5.41, 5.74) is 6.04. The molecule has 9 nitrogen and oxygen atoms in total. The van der Waals surface area contributed by atoms with Crippen molar-refractivity contribution in [1.82, 2.24) is 9.97 Å². The second-order valence-corrected chi connectivity index (χ2v) is 6.80. The normalized spacial score (nSPS) is 20.2. The number of hydrazine groups is 1. The summed E-state index contributed by atoms with van der Waals surface area (Å²) >= 11 is 11.6. The van der Waals surface area contributed by atoms with Crippen LogP contribution in [-0.4, -0.2) is 56.4 Å². The van der Waals surface area contributed by atoms with Gasteiger partial charge >= 0.3 is 0 Å². The van der Waals surface area contributed by atoms with Crippen LogP contribution in [0.1, 0.15) is 33.1 Å². The minimum atomic E-state index is -1.50. The Morgan fingerprint density at radius 3 is 2.44 bits per heavy atom.